The largest absolute Gasteiger partial charge is 0.392 e. The minimum Gasteiger partial charge on any atom is -0.392 e. The van der Waals surface area contributed by atoms with Gasteiger partial charge in [-0.3, -0.25) is 4.79 Å². The molecule has 180 valence electrons. The number of para-hydroxylation sites is 1. The number of aliphatic hydroxyl groups excluding tert-OH is 1. The van der Waals surface area contributed by atoms with E-state index in [0.29, 0.717) is 23.4 Å². The smallest absolute Gasteiger partial charge is 0.241 e. The summed E-state index contributed by atoms with van der Waals surface area (Å²) in [5, 5.41) is 9.82. The van der Waals surface area contributed by atoms with Crippen LogP contribution in [0.1, 0.15) is 37.5 Å². The van der Waals surface area contributed by atoms with Gasteiger partial charge in [-0.2, -0.15) is 0 Å². The first-order valence-electron chi connectivity index (χ1n) is 10.8. The number of hydrogen-bond acceptors (Lipinski definition) is 4. The van der Waals surface area contributed by atoms with Crippen molar-refractivity contribution in [2.75, 3.05) is 4.90 Å². The van der Waals surface area contributed by atoms with Gasteiger partial charge in [0.2, 0.25) is 15.9 Å². The maximum absolute atomic E-state index is 13.4. The van der Waals surface area contributed by atoms with Crippen molar-refractivity contribution in [3.05, 3.63) is 94.0 Å². The highest BCUT2D eigenvalue weighted by Crippen LogP contribution is 2.25. The maximum Gasteiger partial charge on any atom is 0.241 e. The van der Waals surface area contributed by atoms with E-state index in [4.69, 9.17) is 0 Å². The van der Waals surface area contributed by atoms with Gasteiger partial charge in [-0.1, -0.05) is 58.4 Å². The number of hydrogen-bond donors (Lipinski definition) is 2. The summed E-state index contributed by atoms with van der Waals surface area (Å²) in [7, 11) is -3.65. The van der Waals surface area contributed by atoms with Crippen LogP contribution in [0.15, 0.2) is 82.2 Å². The summed E-state index contributed by atoms with van der Waals surface area (Å²) in [6, 6.07) is 21.3. The van der Waals surface area contributed by atoms with E-state index in [9.17, 15) is 18.3 Å². The van der Waals surface area contributed by atoms with Crippen molar-refractivity contribution in [2.24, 2.45) is 0 Å². The Kier molecular flexibility index (Phi) is 8.30. The Bertz CT molecular complexity index is 1240. The lowest BCUT2D eigenvalue weighted by molar-refractivity contribution is -0.118. The molecule has 34 heavy (non-hydrogen) atoms. The van der Waals surface area contributed by atoms with E-state index < -0.39 is 15.6 Å². The fourth-order valence-electron chi connectivity index (χ4n) is 3.51. The molecule has 0 saturated carbocycles. The Morgan fingerprint density at radius 2 is 1.53 bits per heavy atom. The predicted molar refractivity (Wildman–Crippen MR) is 138 cm³/mol. The van der Waals surface area contributed by atoms with E-state index in [-0.39, 0.29) is 23.8 Å². The van der Waals surface area contributed by atoms with Crippen LogP contribution in [0.2, 0.25) is 0 Å². The van der Waals surface area contributed by atoms with Gasteiger partial charge < -0.3 is 10.0 Å². The number of nitrogens with one attached hydrogen (secondary N) is 1. The molecule has 3 aromatic carbocycles. The Balaban J connectivity index is 1.86. The molecule has 6 nitrogen and oxygen atoms in total. The Labute approximate surface area is 209 Å². The van der Waals surface area contributed by atoms with Gasteiger partial charge in [0, 0.05) is 21.3 Å². The minimum absolute atomic E-state index is 0.0866. The van der Waals surface area contributed by atoms with Crippen LogP contribution in [-0.2, 0) is 34.4 Å². The standard InChI is InChI=1S/C26H29BrN2O4S/c1-26(2,3)28-34(32,33)23-14-10-19(11-15-23)16-25(31)29(17-20-8-12-22(27)13-9-20)24-7-5-4-6-21(24)18-30/h4-15,28,30H,16-18H2,1-3H3. The molecule has 0 heterocycles. The summed E-state index contributed by atoms with van der Waals surface area (Å²) in [6.45, 7) is 5.49. The maximum atomic E-state index is 13.4. The van der Waals surface area contributed by atoms with Gasteiger partial charge in [-0.25, -0.2) is 13.1 Å². The molecular weight excluding hydrogens is 516 g/mol. The Morgan fingerprint density at radius 3 is 2.12 bits per heavy atom. The second-order valence-corrected chi connectivity index (χ2v) is 11.7. The number of sulfonamides is 1. The number of rotatable bonds is 8. The fraction of sp³-hybridized carbons (Fsp3) is 0.269. The van der Waals surface area contributed by atoms with Crippen molar-refractivity contribution >= 4 is 37.5 Å². The van der Waals surface area contributed by atoms with Crippen LogP contribution in [0.4, 0.5) is 5.69 Å². The van der Waals surface area contributed by atoms with Crippen molar-refractivity contribution in [1.82, 2.24) is 4.72 Å². The number of anilines is 1. The quantitative estimate of drug-likeness (QED) is 0.426. The SMILES string of the molecule is CC(C)(C)NS(=O)(=O)c1ccc(CC(=O)N(Cc2ccc(Br)cc2)c2ccccc2CO)cc1. The van der Waals surface area contributed by atoms with Gasteiger partial charge in [-0.05, 0) is 62.2 Å². The van der Waals surface area contributed by atoms with Gasteiger partial charge >= 0.3 is 0 Å². The predicted octanol–water partition coefficient (Wildman–Crippen LogP) is 4.79. The molecule has 0 fully saturated rings. The van der Waals surface area contributed by atoms with Gasteiger partial charge in [0.25, 0.3) is 0 Å². The number of halogens is 1. The fourth-order valence-corrected chi connectivity index (χ4v) is 5.19. The average Bonchev–Trinajstić information content (AvgIpc) is 2.77. The van der Waals surface area contributed by atoms with Gasteiger partial charge in [-0.15, -0.1) is 0 Å². The minimum atomic E-state index is -3.65. The normalized spacial score (nSPS) is 11.9. The molecular formula is C26H29BrN2O4S. The number of amides is 1. The highest BCUT2D eigenvalue weighted by molar-refractivity contribution is 9.10. The monoisotopic (exact) mass is 544 g/mol. The van der Waals surface area contributed by atoms with Crippen LogP contribution in [-0.4, -0.2) is 25.0 Å². The first-order valence-corrected chi connectivity index (χ1v) is 13.1. The highest BCUT2D eigenvalue weighted by atomic mass is 79.9. The van der Waals surface area contributed by atoms with E-state index in [1.54, 1.807) is 43.9 Å². The molecule has 0 radical (unpaired) electrons. The number of nitrogens with zero attached hydrogens (tertiary/aromatic N) is 1. The summed E-state index contributed by atoms with van der Waals surface area (Å²) >= 11 is 3.43. The van der Waals surface area contributed by atoms with Crippen molar-refractivity contribution in [3.63, 3.8) is 0 Å². The van der Waals surface area contributed by atoms with Crippen LogP contribution >= 0.6 is 15.9 Å². The van der Waals surface area contributed by atoms with Crippen LogP contribution in [0.5, 0.6) is 0 Å². The molecule has 0 saturated heterocycles. The topological polar surface area (TPSA) is 86.7 Å². The summed E-state index contributed by atoms with van der Waals surface area (Å²) in [6.07, 6.45) is 0.0866. The zero-order valence-electron chi connectivity index (χ0n) is 19.5. The highest BCUT2D eigenvalue weighted by Gasteiger charge is 2.23. The van der Waals surface area contributed by atoms with Crippen molar-refractivity contribution < 1.29 is 18.3 Å². The van der Waals surface area contributed by atoms with Crippen LogP contribution in [0.3, 0.4) is 0 Å². The van der Waals surface area contributed by atoms with E-state index in [2.05, 4.69) is 20.7 Å². The number of aliphatic hydroxyl groups is 1. The zero-order chi connectivity index (χ0) is 24.9. The van der Waals surface area contributed by atoms with Crippen molar-refractivity contribution in [2.45, 2.75) is 50.8 Å². The van der Waals surface area contributed by atoms with E-state index in [0.717, 1.165) is 10.0 Å². The molecule has 8 heteroatoms. The lowest BCUT2D eigenvalue weighted by Crippen LogP contribution is -2.40. The van der Waals surface area contributed by atoms with Crippen LogP contribution in [0.25, 0.3) is 0 Å². The van der Waals surface area contributed by atoms with Gasteiger partial charge in [0.05, 0.1) is 24.5 Å². The summed E-state index contributed by atoms with van der Waals surface area (Å²) in [5.41, 5.74) is 2.34. The van der Waals surface area contributed by atoms with Gasteiger partial charge in [0.1, 0.15) is 0 Å². The van der Waals surface area contributed by atoms with Crippen molar-refractivity contribution in [1.29, 1.82) is 0 Å². The average molecular weight is 545 g/mol. The molecule has 3 rings (SSSR count). The third-order valence-electron chi connectivity index (χ3n) is 5.04. The molecule has 0 atom stereocenters. The van der Waals surface area contributed by atoms with E-state index in [1.807, 2.05) is 42.5 Å². The molecule has 0 aliphatic carbocycles. The second kappa shape index (κ2) is 10.8. The van der Waals surface area contributed by atoms with Gasteiger partial charge in [0.15, 0.2) is 0 Å². The first-order chi connectivity index (χ1) is 16.0. The van der Waals surface area contributed by atoms with Crippen molar-refractivity contribution in [3.8, 4) is 0 Å². The molecule has 2 N–H and O–H groups in total. The molecule has 0 unspecified atom stereocenters. The number of carbonyl (C=O) groups is 1. The molecule has 0 aliphatic rings. The molecule has 0 aliphatic heterocycles. The third kappa shape index (κ3) is 6.99. The van der Waals surface area contributed by atoms with Crippen LogP contribution in [0, 0.1) is 0 Å². The summed E-state index contributed by atoms with van der Waals surface area (Å²) < 4.78 is 28.7. The second-order valence-electron chi connectivity index (χ2n) is 9.07. The first kappa shape index (κ1) is 26.1. The lowest BCUT2D eigenvalue weighted by Gasteiger charge is -2.25. The molecule has 1 amide bonds. The Hall–Kier alpha value is -2.52. The van der Waals surface area contributed by atoms with Crippen LogP contribution < -0.4 is 9.62 Å². The molecule has 0 bridgehead atoms. The molecule has 0 aromatic heterocycles. The lowest BCUT2D eigenvalue weighted by atomic mass is 10.1. The summed E-state index contributed by atoms with van der Waals surface area (Å²) in [4.78, 5) is 15.2. The third-order valence-corrected chi connectivity index (χ3v) is 7.34. The van der Waals surface area contributed by atoms with E-state index >= 15 is 0 Å². The molecule has 3 aromatic rings. The van der Waals surface area contributed by atoms with E-state index in [1.165, 1.54) is 12.1 Å². The zero-order valence-corrected chi connectivity index (χ0v) is 21.9. The Morgan fingerprint density at radius 1 is 0.941 bits per heavy atom. The number of carbonyl (C=O) groups excluding carboxylic acids is 1. The number of benzene rings is 3. The molecule has 0 spiro atoms. The summed E-state index contributed by atoms with van der Waals surface area (Å²) in [5.74, 6) is -0.160.